The zero-order chi connectivity index (χ0) is 21.9. The summed E-state index contributed by atoms with van der Waals surface area (Å²) in [5.41, 5.74) is 2.67. The summed E-state index contributed by atoms with van der Waals surface area (Å²) in [6.07, 6.45) is -0.865. The van der Waals surface area contributed by atoms with Gasteiger partial charge in [-0.05, 0) is 61.2 Å². The predicted molar refractivity (Wildman–Crippen MR) is 115 cm³/mol. The molecule has 0 saturated heterocycles. The van der Waals surface area contributed by atoms with Crippen LogP contribution in [0.5, 0.6) is 0 Å². The first kappa shape index (κ1) is 21.9. The van der Waals surface area contributed by atoms with E-state index in [4.69, 9.17) is 25.8 Å². The van der Waals surface area contributed by atoms with E-state index in [-0.39, 0.29) is 30.5 Å². The number of halogens is 1. The van der Waals surface area contributed by atoms with E-state index in [2.05, 4.69) is 5.32 Å². The highest BCUT2D eigenvalue weighted by atomic mass is 35.5. The van der Waals surface area contributed by atoms with Crippen LogP contribution in [0.25, 0.3) is 16.7 Å². The van der Waals surface area contributed by atoms with Crippen LogP contribution in [0.2, 0.25) is 5.02 Å². The molecule has 0 bridgehead atoms. The van der Waals surface area contributed by atoms with E-state index in [1.54, 1.807) is 13.8 Å². The summed E-state index contributed by atoms with van der Waals surface area (Å²) in [6, 6.07) is 13.2. The monoisotopic (exact) mass is 429 g/mol. The van der Waals surface area contributed by atoms with Crippen LogP contribution in [-0.4, -0.2) is 37.9 Å². The molecule has 0 spiro atoms. The Kier molecular flexibility index (Phi) is 6.48. The third kappa shape index (κ3) is 4.35. The van der Waals surface area contributed by atoms with Crippen LogP contribution >= 0.6 is 11.6 Å². The van der Waals surface area contributed by atoms with Crippen LogP contribution in [0.1, 0.15) is 25.0 Å². The van der Waals surface area contributed by atoms with E-state index in [1.807, 2.05) is 49.4 Å². The quantitative estimate of drug-likeness (QED) is 0.671. The molecule has 30 heavy (non-hydrogen) atoms. The highest BCUT2D eigenvalue weighted by Gasteiger charge is 2.45. The van der Waals surface area contributed by atoms with Crippen molar-refractivity contribution in [3.8, 4) is 11.1 Å². The lowest BCUT2D eigenvalue weighted by Gasteiger charge is -2.25. The fourth-order valence-corrected chi connectivity index (χ4v) is 3.62. The average molecular weight is 430 g/mol. The van der Waals surface area contributed by atoms with Crippen LogP contribution in [0, 0.1) is 6.92 Å². The Balaban J connectivity index is 2.15. The van der Waals surface area contributed by atoms with Gasteiger partial charge >= 0.3 is 6.16 Å². The maximum absolute atomic E-state index is 13.0. The molecule has 1 atom stereocenters. The molecule has 1 unspecified atom stereocenters. The number of carbonyl (C=O) groups is 2. The van der Waals surface area contributed by atoms with Gasteiger partial charge in [0, 0.05) is 12.1 Å². The lowest BCUT2D eigenvalue weighted by Crippen LogP contribution is -2.46. The Labute approximate surface area is 180 Å². The molecule has 0 fully saturated rings. The highest BCUT2D eigenvalue weighted by molar-refractivity contribution is 6.30. The van der Waals surface area contributed by atoms with Gasteiger partial charge in [-0.15, -0.1) is 0 Å². The van der Waals surface area contributed by atoms with Crippen molar-refractivity contribution in [3.63, 3.8) is 0 Å². The molecule has 2 aromatic rings. The van der Waals surface area contributed by atoms with Crippen molar-refractivity contribution in [1.29, 1.82) is 0 Å². The van der Waals surface area contributed by atoms with Gasteiger partial charge in [0.25, 0.3) is 5.91 Å². The molecule has 1 amide bonds. The molecule has 0 radical (unpaired) electrons. The molecule has 1 heterocycles. The molecule has 0 aliphatic carbocycles. The molecule has 7 heteroatoms. The largest absolute Gasteiger partial charge is 0.513 e. The molecule has 0 saturated carbocycles. The number of hydrogen-bond acceptors (Lipinski definition) is 5. The molecule has 3 rings (SSSR count). The van der Waals surface area contributed by atoms with Gasteiger partial charge in [0.05, 0.1) is 18.8 Å². The van der Waals surface area contributed by atoms with Crippen molar-refractivity contribution >= 4 is 29.2 Å². The molecule has 6 nitrogen and oxygen atoms in total. The summed E-state index contributed by atoms with van der Waals surface area (Å²) in [5, 5.41) is 3.53. The molecule has 0 aromatic heterocycles. The second kappa shape index (κ2) is 8.90. The molecule has 1 aliphatic rings. The fourth-order valence-electron chi connectivity index (χ4n) is 3.49. The molecule has 1 N–H and O–H groups in total. The minimum Gasteiger partial charge on any atom is -0.434 e. The highest BCUT2D eigenvalue weighted by Crippen LogP contribution is 2.37. The second-order valence-corrected chi connectivity index (χ2v) is 7.68. The van der Waals surface area contributed by atoms with Gasteiger partial charge in [-0.3, -0.25) is 4.79 Å². The summed E-state index contributed by atoms with van der Waals surface area (Å²) >= 11 is 6.00. The van der Waals surface area contributed by atoms with Crippen LogP contribution < -0.4 is 5.32 Å². The average Bonchev–Trinajstić information content (AvgIpc) is 2.93. The van der Waals surface area contributed by atoms with Gasteiger partial charge < -0.3 is 19.5 Å². The second-order valence-electron chi connectivity index (χ2n) is 7.25. The van der Waals surface area contributed by atoms with E-state index >= 15 is 0 Å². The first-order valence-corrected chi connectivity index (χ1v) is 9.94. The molecular formula is C23H24ClNO5. The lowest BCUT2D eigenvalue weighted by atomic mass is 9.92. The van der Waals surface area contributed by atoms with Crippen molar-refractivity contribution < 1.29 is 23.8 Å². The van der Waals surface area contributed by atoms with Crippen LogP contribution in [0.3, 0.4) is 0 Å². The van der Waals surface area contributed by atoms with E-state index in [1.165, 1.54) is 7.11 Å². The zero-order valence-electron chi connectivity index (χ0n) is 17.4. The summed E-state index contributed by atoms with van der Waals surface area (Å²) in [4.78, 5) is 25.1. The maximum Gasteiger partial charge on any atom is 0.513 e. The topological polar surface area (TPSA) is 73.9 Å². The Morgan fingerprint density at radius 1 is 1.13 bits per heavy atom. The summed E-state index contributed by atoms with van der Waals surface area (Å²) in [7, 11) is 1.52. The van der Waals surface area contributed by atoms with E-state index in [0.717, 1.165) is 16.7 Å². The van der Waals surface area contributed by atoms with Crippen LogP contribution in [-0.2, 0) is 19.0 Å². The van der Waals surface area contributed by atoms with E-state index in [9.17, 15) is 9.59 Å². The summed E-state index contributed by atoms with van der Waals surface area (Å²) in [6.45, 7) is 5.62. The molecule has 2 aromatic carbocycles. The number of hydrogen-bond donors (Lipinski definition) is 1. The maximum atomic E-state index is 13.0. The number of rotatable bonds is 6. The van der Waals surface area contributed by atoms with Gasteiger partial charge in [-0.1, -0.05) is 35.9 Å². The van der Waals surface area contributed by atoms with E-state index < -0.39 is 11.7 Å². The third-order valence-electron chi connectivity index (χ3n) is 4.91. The SMILES string of the molecule is CCOC(=O)OC1=C(c2cc(-c3ccc(Cl)cc3)ccc2C)C(=O)NC1(C)COC. The predicted octanol–water partition coefficient (Wildman–Crippen LogP) is 4.73. The summed E-state index contributed by atoms with van der Waals surface area (Å²) < 4.78 is 15.7. The number of amides is 1. The third-order valence-corrected chi connectivity index (χ3v) is 5.16. The number of methoxy groups -OCH3 is 1. The normalized spacial score (nSPS) is 18.4. The fraction of sp³-hybridized carbons (Fsp3) is 0.304. The Morgan fingerprint density at radius 2 is 1.80 bits per heavy atom. The molecule has 1 aliphatic heterocycles. The van der Waals surface area contributed by atoms with Gasteiger partial charge in [0.2, 0.25) is 0 Å². The van der Waals surface area contributed by atoms with Crippen molar-refractivity contribution in [1.82, 2.24) is 5.32 Å². The van der Waals surface area contributed by atoms with Gasteiger partial charge in [-0.25, -0.2) is 4.79 Å². The molecule has 158 valence electrons. The lowest BCUT2D eigenvalue weighted by molar-refractivity contribution is -0.116. The number of benzene rings is 2. The number of ether oxygens (including phenoxy) is 3. The first-order valence-electron chi connectivity index (χ1n) is 9.57. The van der Waals surface area contributed by atoms with Crippen LogP contribution in [0.4, 0.5) is 4.79 Å². The minimum atomic E-state index is -1.00. The van der Waals surface area contributed by atoms with Crippen molar-refractivity contribution in [2.75, 3.05) is 20.3 Å². The van der Waals surface area contributed by atoms with Gasteiger partial charge in [-0.2, -0.15) is 0 Å². The van der Waals surface area contributed by atoms with Gasteiger partial charge in [0.1, 0.15) is 5.54 Å². The smallest absolute Gasteiger partial charge is 0.434 e. The minimum absolute atomic E-state index is 0.132. The number of aryl methyl sites for hydroxylation is 1. The Morgan fingerprint density at radius 3 is 2.43 bits per heavy atom. The van der Waals surface area contributed by atoms with Crippen molar-refractivity contribution in [3.05, 3.63) is 64.4 Å². The molecular weight excluding hydrogens is 406 g/mol. The summed E-state index contributed by atoms with van der Waals surface area (Å²) in [5.74, 6) is -0.158. The Hall–Kier alpha value is -2.83. The standard InChI is InChI=1S/C23H24ClNO5/c1-5-29-22(27)30-20-19(21(26)25-23(20,3)13-28-4)18-12-16(7-6-14(18)2)15-8-10-17(24)11-9-15/h6-12H,5,13H2,1-4H3,(H,25,26). The van der Waals surface area contributed by atoms with E-state index in [0.29, 0.717) is 10.6 Å². The van der Waals surface area contributed by atoms with Crippen LogP contribution in [0.15, 0.2) is 48.2 Å². The van der Waals surface area contributed by atoms with Gasteiger partial charge in [0.15, 0.2) is 5.76 Å². The van der Waals surface area contributed by atoms with Crippen molar-refractivity contribution in [2.24, 2.45) is 0 Å². The first-order chi connectivity index (χ1) is 14.3. The van der Waals surface area contributed by atoms with Crippen molar-refractivity contribution in [2.45, 2.75) is 26.3 Å². The number of carbonyl (C=O) groups excluding carboxylic acids is 2. The number of nitrogens with one attached hydrogen (secondary N) is 1. The Bertz CT molecular complexity index is 999. The zero-order valence-corrected chi connectivity index (χ0v) is 18.1.